The average molecular weight is 175 g/mol. The van der Waals surface area contributed by atoms with Crippen molar-refractivity contribution in [1.82, 2.24) is 4.98 Å². The zero-order chi connectivity index (χ0) is 9.42. The highest BCUT2D eigenvalue weighted by Crippen LogP contribution is 2.26. The molecule has 1 aromatic heterocycles. The van der Waals surface area contributed by atoms with Gasteiger partial charge in [0.2, 0.25) is 0 Å². The quantitative estimate of drug-likeness (QED) is 0.694. The highest BCUT2D eigenvalue weighted by molar-refractivity contribution is 5.94. The molecule has 0 aliphatic heterocycles. The van der Waals surface area contributed by atoms with E-state index < -0.39 is 0 Å². The van der Waals surface area contributed by atoms with E-state index in [1.807, 2.05) is 32.3 Å². The van der Waals surface area contributed by atoms with Crippen LogP contribution in [0.5, 0.6) is 0 Å². The number of H-pyrrole nitrogens is 1. The molecular weight excluding hydrogens is 162 g/mol. The van der Waals surface area contributed by atoms with E-state index in [0.29, 0.717) is 5.82 Å². The first-order valence-electron chi connectivity index (χ1n) is 4.23. The SMILES string of the molecule is CN(C)c1cccc2[nH]c(N)cc12. The normalized spacial score (nSPS) is 10.6. The Bertz CT molecular complexity index is 429. The molecule has 68 valence electrons. The van der Waals surface area contributed by atoms with Crippen LogP contribution in [0.1, 0.15) is 0 Å². The number of nitrogens with two attached hydrogens (primary N) is 1. The van der Waals surface area contributed by atoms with Gasteiger partial charge in [-0.05, 0) is 18.2 Å². The predicted octanol–water partition coefficient (Wildman–Crippen LogP) is 1.82. The molecule has 0 bridgehead atoms. The molecular formula is C10H13N3. The zero-order valence-electron chi connectivity index (χ0n) is 7.83. The molecule has 13 heavy (non-hydrogen) atoms. The van der Waals surface area contributed by atoms with Gasteiger partial charge in [-0.15, -0.1) is 0 Å². The van der Waals surface area contributed by atoms with Crippen molar-refractivity contribution in [2.75, 3.05) is 24.7 Å². The number of aromatic amines is 1. The maximum atomic E-state index is 5.69. The number of rotatable bonds is 1. The summed E-state index contributed by atoms with van der Waals surface area (Å²) >= 11 is 0. The summed E-state index contributed by atoms with van der Waals surface area (Å²) < 4.78 is 0. The number of nitrogen functional groups attached to an aromatic ring is 1. The summed E-state index contributed by atoms with van der Waals surface area (Å²) in [6.07, 6.45) is 0. The van der Waals surface area contributed by atoms with Crippen LogP contribution in [0.15, 0.2) is 24.3 Å². The van der Waals surface area contributed by atoms with Crippen LogP contribution in [0.4, 0.5) is 11.5 Å². The Hall–Kier alpha value is -1.64. The van der Waals surface area contributed by atoms with Crippen molar-refractivity contribution < 1.29 is 0 Å². The first-order valence-corrected chi connectivity index (χ1v) is 4.23. The molecule has 0 unspecified atom stereocenters. The molecule has 3 nitrogen and oxygen atoms in total. The molecule has 0 saturated heterocycles. The Morgan fingerprint density at radius 1 is 1.31 bits per heavy atom. The number of hydrogen-bond donors (Lipinski definition) is 2. The Labute approximate surface area is 77.2 Å². The fourth-order valence-electron chi connectivity index (χ4n) is 1.55. The number of benzene rings is 1. The van der Waals surface area contributed by atoms with E-state index in [1.165, 1.54) is 11.1 Å². The molecule has 0 aliphatic carbocycles. The van der Waals surface area contributed by atoms with E-state index in [4.69, 9.17) is 5.73 Å². The lowest BCUT2D eigenvalue weighted by atomic mass is 10.2. The van der Waals surface area contributed by atoms with Crippen molar-refractivity contribution in [3.8, 4) is 0 Å². The highest BCUT2D eigenvalue weighted by Gasteiger charge is 2.04. The summed E-state index contributed by atoms with van der Waals surface area (Å²) in [4.78, 5) is 5.18. The van der Waals surface area contributed by atoms with Crippen molar-refractivity contribution in [2.45, 2.75) is 0 Å². The topological polar surface area (TPSA) is 45.0 Å². The molecule has 0 saturated carbocycles. The van der Waals surface area contributed by atoms with Crippen molar-refractivity contribution in [3.63, 3.8) is 0 Å². The summed E-state index contributed by atoms with van der Waals surface area (Å²) in [5, 5.41) is 1.17. The van der Waals surface area contributed by atoms with Crippen LogP contribution >= 0.6 is 0 Å². The van der Waals surface area contributed by atoms with Crippen LogP contribution < -0.4 is 10.6 Å². The first-order chi connectivity index (χ1) is 6.18. The largest absolute Gasteiger partial charge is 0.385 e. The smallest absolute Gasteiger partial charge is 0.101 e. The second-order valence-electron chi connectivity index (χ2n) is 3.36. The van der Waals surface area contributed by atoms with Gasteiger partial charge in [-0.2, -0.15) is 0 Å². The number of aromatic nitrogens is 1. The minimum absolute atomic E-state index is 0.712. The maximum absolute atomic E-state index is 5.69. The third-order valence-electron chi connectivity index (χ3n) is 2.14. The lowest BCUT2D eigenvalue weighted by molar-refractivity contribution is 1.14. The molecule has 0 radical (unpaired) electrons. The molecule has 3 heteroatoms. The molecule has 1 aromatic carbocycles. The molecule has 0 spiro atoms. The first kappa shape index (κ1) is 7.98. The summed E-state index contributed by atoms with van der Waals surface area (Å²) in [7, 11) is 4.05. The lowest BCUT2D eigenvalue weighted by Gasteiger charge is -2.12. The fraction of sp³-hybridized carbons (Fsp3) is 0.200. The number of fused-ring (bicyclic) bond motifs is 1. The maximum Gasteiger partial charge on any atom is 0.101 e. The van der Waals surface area contributed by atoms with Crippen LogP contribution in [-0.4, -0.2) is 19.1 Å². The highest BCUT2D eigenvalue weighted by atomic mass is 15.1. The van der Waals surface area contributed by atoms with E-state index in [2.05, 4.69) is 16.0 Å². The third kappa shape index (κ3) is 1.22. The lowest BCUT2D eigenvalue weighted by Crippen LogP contribution is -2.08. The second-order valence-corrected chi connectivity index (χ2v) is 3.36. The second kappa shape index (κ2) is 2.69. The van der Waals surface area contributed by atoms with Crippen molar-refractivity contribution in [2.24, 2.45) is 0 Å². The summed E-state index contributed by atoms with van der Waals surface area (Å²) in [5.41, 5.74) is 7.96. The monoisotopic (exact) mass is 175 g/mol. The Balaban J connectivity index is 2.75. The van der Waals surface area contributed by atoms with Crippen molar-refractivity contribution in [1.29, 1.82) is 0 Å². The summed E-state index contributed by atoms with van der Waals surface area (Å²) in [6, 6.07) is 8.09. The van der Waals surface area contributed by atoms with Crippen LogP contribution in [0, 0.1) is 0 Å². The van der Waals surface area contributed by atoms with Crippen molar-refractivity contribution >= 4 is 22.4 Å². The molecule has 0 amide bonds. The summed E-state index contributed by atoms with van der Waals surface area (Å²) in [5.74, 6) is 0.712. The van der Waals surface area contributed by atoms with Gasteiger partial charge in [0.05, 0.1) is 0 Å². The van der Waals surface area contributed by atoms with E-state index in [0.717, 1.165) is 5.52 Å². The third-order valence-corrected chi connectivity index (χ3v) is 2.14. The van der Waals surface area contributed by atoms with Gasteiger partial charge in [-0.25, -0.2) is 0 Å². The molecule has 0 fully saturated rings. The Kier molecular flexibility index (Phi) is 1.65. The van der Waals surface area contributed by atoms with Gasteiger partial charge < -0.3 is 15.6 Å². The van der Waals surface area contributed by atoms with Gasteiger partial charge in [-0.1, -0.05) is 6.07 Å². The van der Waals surface area contributed by atoms with E-state index in [9.17, 15) is 0 Å². The van der Waals surface area contributed by atoms with E-state index in [-0.39, 0.29) is 0 Å². The summed E-state index contributed by atoms with van der Waals surface area (Å²) in [6.45, 7) is 0. The predicted molar refractivity (Wildman–Crippen MR) is 57.0 cm³/mol. The molecule has 0 aliphatic rings. The Morgan fingerprint density at radius 3 is 2.77 bits per heavy atom. The average Bonchev–Trinajstić information content (AvgIpc) is 2.43. The minimum atomic E-state index is 0.712. The van der Waals surface area contributed by atoms with E-state index in [1.54, 1.807) is 0 Å². The van der Waals surface area contributed by atoms with Crippen molar-refractivity contribution in [3.05, 3.63) is 24.3 Å². The van der Waals surface area contributed by atoms with E-state index >= 15 is 0 Å². The van der Waals surface area contributed by atoms with Crippen LogP contribution in [0.25, 0.3) is 10.9 Å². The van der Waals surface area contributed by atoms with Gasteiger partial charge in [0.25, 0.3) is 0 Å². The van der Waals surface area contributed by atoms with Gasteiger partial charge in [0.15, 0.2) is 0 Å². The van der Waals surface area contributed by atoms with Gasteiger partial charge >= 0.3 is 0 Å². The molecule has 3 N–H and O–H groups in total. The fourth-order valence-corrected chi connectivity index (χ4v) is 1.55. The number of nitrogens with one attached hydrogen (secondary N) is 1. The van der Waals surface area contributed by atoms with Gasteiger partial charge in [0.1, 0.15) is 5.82 Å². The number of nitrogens with zero attached hydrogens (tertiary/aromatic N) is 1. The van der Waals surface area contributed by atoms with Gasteiger partial charge in [-0.3, -0.25) is 0 Å². The number of hydrogen-bond acceptors (Lipinski definition) is 2. The molecule has 2 aromatic rings. The van der Waals surface area contributed by atoms with Gasteiger partial charge in [0, 0.05) is 30.7 Å². The van der Waals surface area contributed by atoms with Crippen LogP contribution in [0.2, 0.25) is 0 Å². The standard InChI is InChI=1S/C10H13N3/c1-13(2)9-5-3-4-8-7(9)6-10(11)12-8/h3-6,12H,11H2,1-2H3. The number of anilines is 2. The minimum Gasteiger partial charge on any atom is -0.385 e. The molecule has 1 heterocycles. The molecule has 2 rings (SSSR count). The van der Waals surface area contributed by atoms with Crippen LogP contribution in [0.3, 0.4) is 0 Å². The molecule has 0 atom stereocenters. The Morgan fingerprint density at radius 2 is 2.08 bits per heavy atom. The zero-order valence-corrected chi connectivity index (χ0v) is 7.83. The van der Waals surface area contributed by atoms with Crippen LogP contribution in [-0.2, 0) is 0 Å².